The first kappa shape index (κ1) is 13.0. The average molecular weight is 277 g/mol. The molecule has 1 aromatic carbocycles. The first-order valence-corrected chi connectivity index (χ1v) is 5.73. The SMILES string of the molecule is N#Cc1ccc(NCc2occc2C(=O)O)c(Cl)c1. The van der Waals surface area contributed by atoms with Crippen molar-refractivity contribution in [3.8, 4) is 6.07 Å². The molecule has 0 aliphatic rings. The normalized spacial score (nSPS) is 9.89. The molecule has 0 spiro atoms. The number of carbonyl (C=O) groups is 1. The molecule has 0 aliphatic heterocycles. The van der Waals surface area contributed by atoms with Gasteiger partial charge in [0.15, 0.2) is 0 Å². The summed E-state index contributed by atoms with van der Waals surface area (Å²) in [6.45, 7) is 0.195. The molecule has 0 saturated heterocycles. The second-order valence-corrected chi connectivity index (χ2v) is 4.13. The third kappa shape index (κ3) is 2.87. The van der Waals surface area contributed by atoms with Gasteiger partial charge >= 0.3 is 5.97 Å². The Labute approximate surface area is 114 Å². The van der Waals surface area contributed by atoms with Gasteiger partial charge in [0.2, 0.25) is 0 Å². The van der Waals surface area contributed by atoms with Gasteiger partial charge < -0.3 is 14.8 Å². The van der Waals surface area contributed by atoms with Crippen LogP contribution in [0.2, 0.25) is 5.02 Å². The Morgan fingerprint density at radius 2 is 2.26 bits per heavy atom. The van der Waals surface area contributed by atoms with E-state index in [-0.39, 0.29) is 12.1 Å². The number of hydrogen-bond donors (Lipinski definition) is 2. The lowest BCUT2D eigenvalue weighted by atomic mass is 10.2. The van der Waals surface area contributed by atoms with Gasteiger partial charge in [-0.2, -0.15) is 5.26 Å². The number of halogens is 1. The summed E-state index contributed by atoms with van der Waals surface area (Å²) >= 11 is 5.99. The lowest BCUT2D eigenvalue weighted by Gasteiger charge is -2.07. The van der Waals surface area contributed by atoms with E-state index < -0.39 is 5.97 Å². The van der Waals surface area contributed by atoms with Gasteiger partial charge in [-0.3, -0.25) is 0 Å². The molecule has 19 heavy (non-hydrogen) atoms. The van der Waals surface area contributed by atoms with E-state index in [1.807, 2.05) is 6.07 Å². The number of nitrogens with one attached hydrogen (secondary N) is 1. The van der Waals surface area contributed by atoms with Crippen molar-refractivity contribution < 1.29 is 14.3 Å². The number of nitriles is 1. The Morgan fingerprint density at radius 3 is 2.89 bits per heavy atom. The third-order valence-corrected chi connectivity index (χ3v) is 2.83. The van der Waals surface area contributed by atoms with E-state index in [9.17, 15) is 4.79 Å². The van der Waals surface area contributed by atoms with Gasteiger partial charge in [-0.15, -0.1) is 0 Å². The molecule has 6 heteroatoms. The van der Waals surface area contributed by atoms with Crippen LogP contribution in [0.4, 0.5) is 5.69 Å². The minimum Gasteiger partial charge on any atom is -0.478 e. The summed E-state index contributed by atoms with van der Waals surface area (Å²) in [5.41, 5.74) is 1.17. The lowest BCUT2D eigenvalue weighted by molar-refractivity contribution is 0.0694. The fourth-order valence-corrected chi connectivity index (χ4v) is 1.82. The Kier molecular flexibility index (Phi) is 3.74. The highest BCUT2D eigenvalue weighted by atomic mass is 35.5. The largest absolute Gasteiger partial charge is 0.478 e. The number of anilines is 1. The highest BCUT2D eigenvalue weighted by molar-refractivity contribution is 6.33. The molecular formula is C13H9ClN2O3. The maximum absolute atomic E-state index is 10.9. The molecule has 1 heterocycles. The fourth-order valence-electron chi connectivity index (χ4n) is 1.57. The lowest BCUT2D eigenvalue weighted by Crippen LogP contribution is -2.05. The van der Waals surface area contributed by atoms with Crippen LogP contribution >= 0.6 is 11.6 Å². The van der Waals surface area contributed by atoms with Gasteiger partial charge in [-0.25, -0.2) is 4.79 Å². The van der Waals surface area contributed by atoms with E-state index in [0.717, 1.165) is 0 Å². The summed E-state index contributed by atoms with van der Waals surface area (Å²) in [7, 11) is 0. The van der Waals surface area contributed by atoms with Gasteiger partial charge in [0.1, 0.15) is 11.3 Å². The van der Waals surface area contributed by atoms with Crippen molar-refractivity contribution in [2.45, 2.75) is 6.54 Å². The van der Waals surface area contributed by atoms with Crippen LogP contribution in [0.15, 0.2) is 34.9 Å². The molecule has 1 aromatic heterocycles. The highest BCUT2D eigenvalue weighted by Gasteiger charge is 2.13. The molecule has 0 unspecified atom stereocenters. The molecule has 0 amide bonds. The van der Waals surface area contributed by atoms with Crippen LogP contribution in [0, 0.1) is 11.3 Å². The number of furan rings is 1. The summed E-state index contributed by atoms with van der Waals surface area (Å²) in [5.74, 6) is -0.732. The standard InChI is InChI=1S/C13H9ClN2O3/c14-10-5-8(6-15)1-2-11(10)16-7-12-9(13(17)18)3-4-19-12/h1-5,16H,7H2,(H,17,18). The number of carboxylic acids is 1. The molecule has 0 fully saturated rings. The van der Waals surface area contributed by atoms with Gasteiger partial charge in [0.05, 0.1) is 35.2 Å². The minimum atomic E-state index is -1.04. The molecule has 2 rings (SSSR count). The number of aromatic carboxylic acids is 1. The number of nitrogens with zero attached hydrogens (tertiary/aromatic N) is 1. The van der Waals surface area contributed by atoms with Gasteiger partial charge in [0.25, 0.3) is 0 Å². The first-order valence-electron chi connectivity index (χ1n) is 5.35. The Bertz CT molecular complexity index is 658. The van der Waals surface area contributed by atoms with E-state index in [2.05, 4.69) is 5.32 Å². The van der Waals surface area contributed by atoms with Crippen molar-refractivity contribution in [3.63, 3.8) is 0 Å². The van der Waals surface area contributed by atoms with Crippen molar-refractivity contribution in [2.75, 3.05) is 5.32 Å². The monoisotopic (exact) mass is 276 g/mol. The van der Waals surface area contributed by atoms with Crippen LogP contribution in [0.3, 0.4) is 0 Å². The molecule has 5 nitrogen and oxygen atoms in total. The predicted molar refractivity (Wildman–Crippen MR) is 69.2 cm³/mol. The molecular weight excluding hydrogens is 268 g/mol. The van der Waals surface area contributed by atoms with Crippen molar-refractivity contribution in [1.82, 2.24) is 0 Å². The maximum Gasteiger partial charge on any atom is 0.339 e. The number of hydrogen-bond acceptors (Lipinski definition) is 4. The summed E-state index contributed by atoms with van der Waals surface area (Å²) in [6.07, 6.45) is 1.32. The fraction of sp³-hybridized carbons (Fsp3) is 0.0769. The topological polar surface area (TPSA) is 86.3 Å². The molecule has 0 radical (unpaired) electrons. The molecule has 0 atom stereocenters. The van der Waals surface area contributed by atoms with Crippen molar-refractivity contribution in [2.24, 2.45) is 0 Å². The van der Waals surface area contributed by atoms with E-state index in [1.165, 1.54) is 18.4 Å². The van der Waals surface area contributed by atoms with Crippen LogP contribution < -0.4 is 5.32 Å². The van der Waals surface area contributed by atoms with E-state index in [0.29, 0.717) is 22.0 Å². The minimum absolute atomic E-state index is 0.109. The highest BCUT2D eigenvalue weighted by Crippen LogP contribution is 2.24. The molecule has 2 aromatic rings. The average Bonchev–Trinajstić information content (AvgIpc) is 2.85. The number of carboxylic acid groups (broad SMARTS) is 1. The molecule has 0 bridgehead atoms. The second kappa shape index (κ2) is 5.46. The van der Waals surface area contributed by atoms with E-state index in [1.54, 1.807) is 12.1 Å². The predicted octanol–water partition coefficient (Wildman–Crippen LogP) is 3.11. The molecule has 96 valence electrons. The van der Waals surface area contributed by atoms with Crippen LogP contribution in [0.25, 0.3) is 0 Å². The summed E-state index contributed by atoms with van der Waals surface area (Å²) in [6, 6.07) is 8.18. The zero-order valence-corrected chi connectivity index (χ0v) is 10.4. The van der Waals surface area contributed by atoms with Crippen LogP contribution in [0.1, 0.15) is 21.7 Å². The number of benzene rings is 1. The zero-order valence-electron chi connectivity index (χ0n) is 9.68. The summed E-state index contributed by atoms with van der Waals surface area (Å²) in [4.78, 5) is 10.9. The van der Waals surface area contributed by atoms with Crippen LogP contribution in [-0.2, 0) is 6.54 Å². The molecule has 0 saturated carbocycles. The third-order valence-electron chi connectivity index (χ3n) is 2.51. The van der Waals surface area contributed by atoms with Crippen molar-refractivity contribution in [1.29, 1.82) is 5.26 Å². The quantitative estimate of drug-likeness (QED) is 0.896. The van der Waals surface area contributed by atoms with E-state index >= 15 is 0 Å². The van der Waals surface area contributed by atoms with Crippen LogP contribution in [-0.4, -0.2) is 11.1 Å². The van der Waals surface area contributed by atoms with Gasteiger partial charge in [0, 0.05) is 0 Å². The summed E-state index contributed by atoms with van der Waals surface area (Å²) in [5, 5.41) is 21.0. The van der Waals surface area contributed by atoms with Crippen molar-refractivity contribution in [3.05, 3.63) is 52.4 Å². The van der Waals surface area contributed by atoms with Crippen LogP contribution in [0.5, 0.6) is 0 Å². The second-order valence-electron chi connectivity index (χ2n) is 3.72. The molecule has 0 aliphatic carbocycles. The van der Waals surface area contributed by atoms with Gasteiger partial charge in [-0.05, 0) is 24.3 Å². The Balaban J connectivity index is 2.13. The zero-order chi connectivity index (χ0) is 13.8. The van der Waals surface area contributed by atoms with Crippen molar-refractivity contribution >= 4 is 23.3 Å². The smallest absolute Gasteiger partial charge is 0.339 e. The Morgan fingerprint density at radius 1 is 1.47 bits per heavy atom. The van der Waals surface area contributed by atoms with E-state index in [4.69, 9.17) is 26.4 Å². The first-order chi connectivity index (χ1) is 9.11. The maximum atomic E-state index is 10.9. The molecule has 2 N–H and O–H groups in total. The summed E-state index contributed by atoms with van der Waals surface area (Å²) < 4.78 is 5.09. The van der Waals surface area contributed by atoms with Gasteiger partial charge in [-0.1, -0.05) is 11.6 Å². The Hall–Kier alpha value is -2.45. The number of rotatable bonds is 4.